The first-order valence-corrected chi connectivity index (χ1v) is 18.0. The number of benzene rings is 2. The Kier molecular flexibility index (Phi) is 14.1. The van der Waals surface area contributed by atoms with Crippen LogP contribution in [0.15, 0.2) is 58.3 Å². The van der Waals surface area contributed by atoms with Crippen LogP contribution >= 0.6 is 48.0 Å². The summed E-state index contributed by atoms with van der Waals surface area (Å²) >= 11 is 12.9. The molecule has 0 unspecified atom stereocenters. The van der Waals surface area contributed by atoms with Gasteiger partial charge in [-0.05, 0) is 49.9 Å². The highest BCUT2D eigenvalue weighted by Gasteiger charge is 2.41. The predicted octanol–water partition coefficient (Wildman–Crippen LogP) is 3.37. The zero-order chi connectivity index (χ0) is 36.2. The zero-order valence-electron chi connectivity index (χ0n) is 26.6. The van der Waals surface area contributed by atoms with Crippen LogP contribution in [0.3, 0.4) is 0 Å². The molecule has 2 aliphatic rings. The maximum Gasteiger partial charge on any atom is 0.273 e. The molecule has 2 aliphatic heterocycles. The summed E-state index contributed by atoms with van der Waals surface area (Å²) in [4.78, 5) is 78.2. The van der Waals surface area contributed by atoms with Crippen molar-refractivity contribution in [2.75, 3.05) is 13.1 Å². The number of hydrogen-bond acceptors (Lipinski definition) is 12. The topological polar surface area (TPSA) is 197 Å². The number of thiocarbonyl (C=S) groups is 2. The number of carbonyl (C=O) groups is 6. The molecule has 264 valence electrons. The minimum Gasteiger partial charge on any atom is -0.507 e. The van der Waals surface area contributed by atoms with Crippen molar-refractivity contribution in [3.8, 4) is 11.5 Å². The van der Waals surface area contributed by atoms with E-state index in [0.717, 1.165) is 23.5 Å². The van der Waals surface area contributed by atoms with Gasteiger partial charge in [0.1, 0.15) is 20.1 Å². The van der Waals surface area contributed by atoms with Crippen LogP contribution in [0.4, 0.5) is 0 Å². The van der Waals surface area contributed by atoms with Crippen molar-refractivity contribution in [3.05, 3.63) is 69.5 Å². The molecule has 2 fully saturated rings. The monoisotopic (exact) mass is 758 g/mol. The number of phenolic OH excluding ortho intramolecular Hbond substituents is 2. The van der Waals surface area contributed by atoms with E-state index in [1.165, 1.54) is 34.1 Å². The van der Waals surface area contributed by atoms with Crippen molar-refractivity contribution >= 4 is 92.0 Å². The molecule has 14 nitrogen and oxygen atoms in total. The third kappa shape index (κ3) is 10.3. The van der Waals surface area contributed by atoms with Gasteiger partial charge in [-0.25, -0.2) is 0 Å². The van der Waals surface area contributed by atoms with E-state index in [2.05, 4.69) is 21.7 Å². The fraction of sp³-hybridized carbons (Fsp3) is 0.312. The molecule has 6 N–H and O–H groups in total. The molecule has 2 aromatic carbocycles. The molecule has 50 heavy (non-hydrogen) atoms. The second kappa shape index (κ2) is 18.5. The van der Waals surface area contributed by atoms with Crippen LogP contribution in [0.1, 0.15) is 72.1 Å². The first kappa shape index (κ1) is 38.3. The number of nitrogens with one attached hydrogen (secondary N) is 4. The highest BCUT2D eigenvalue weighted by atomic mass is 32.2. The van der Waals surface area contributed by atoms with E-state index >= 15 is 0 Å². The Morgan fingerprint density at radius 2 is 0.960 bits per heavy atom. The SMILES string of the molecule is O=C(CCCCCN1C(=O)/C(=C2\SC(=S)N(CCCCCC(=O)NNC(=O)c3ccccc3O)C2=O)SC1=S)NNC(=O)c1ccccc1O. The average Bonchev–Trinajstić information content (AvgIpc) is 3.54. The molecule has 2 saturated heterocycles. The van der Waals surface area contributed by atoms with Crippen molar-refractivity contribution < 1.29 is 39.0 Å². The van der Waals surface area contributed by atoms with Crippen LogP contribution in [-0.4, -0.2) is 77.2 Å². The minimum atomic E-state index is -0.642. The van der Waals surface area contributed by atoms with E-state index in [1.807, 2.05) is 0 Å². The largest absolute Gasteiger partial charge is 0.507 e. The lowest BCUT2D eigenvalue weighted by Gasteiger charge is -2.14. The fourth-order valence-corrected chi connectivity index (χ4v) is 7.54. The van der Waals surface area contributed by atoms with Crippen LogP contribution in [0, 0.1) is 0 Å². The van der Waals surface area contributed by atoms with Gasteiger partial charge in [0, 0.05) is 25.9 Å². The Morgan fingerprint density at radius 3 is 1.34 bits per heavy atom. The Hall–Kier alpha value is -4.52. The Balaban J connectivity index is 1.13. The number of hydrazine groups is 2. The molecule has 0 aromatic heterocycles. The number of nitrogens with zero attached hydrogens (tertiary/aromatic N) is 2. The number of thioether (sulfide) groups is 2. The molecule has 2 aromatic rings. The van der Waals surface area contributed by atoms with Crippen LogP contribution in [0.25, 0.3) is 0 Å². The standard InChI is InChI=1S/C32H34N6O8S4/c39-21-13-7-5-11-19(21)27(43)35-33-23(41)15-3-1-9-17-37-29(45)25(49-31(37)47)26-30(46)38(32(48)50-26)18-10-2-4-16-24(42)34-36-28(44)20-12-6-8-14-22(20)40/h5-8,11-14,39-40H,1-4,9-10,15-18H2,(H,33,41)(H,34,42)(H,35,43)(H,36,44)/b26-25+. The van der Waals surface area contributed by atoms with Crippen LogP contribution in [0.2, 0.25) is 0 Å². The van der Waals surface area contributed by atoms with E-state index in [0.29, 0.717) is 60.3 Å². The van der Waals surface area contributed by atoms with Crippen LogP contribution < -0.4 is 21.7 Å². The van der Waals surface area contributed by atoms with Gasteiger partial charge in [0.15, 0.2) is 0 Å². The first-order chi connectivity index (χ1) is 24.0. The van der Waals surface area contributed by atoms with Crippen molar-refractivity contribution in [2.24, 2.45) is 0 Å². The summed E-state index contributed by atoms with van der Waals surface area (Å²) in [5.74, 6) is -3.24. The minimum absolute atomic E-state index is 0.0331. The van der Waals surface area contributed by atoms with Gasteiger partial charge in [-0.3, -0.25) is 60.3 Å². The number of rotatable bonds is 14. The van der Waals surface area contributed by atoms with Gasteiger partial charge in [0.2, 0.25) is 11.8 Å². The van der Waals surface area contributed by atoms with Gasteiger partial charge in [-0.2, -0.15) is 0 Å². The number of para-hydroxylation sites is 2. The third-order valence-electron chi connectivity index (χ3n) is 7.40. The first-order valence-electron chi connectivity index (χ1n) is 15.5. The Labute approximate surface area is 306 Å². The summed E-state index contributed by atoms with van der Waals surface area (Å²) in [6, 6.07) is 11.9. The lowest BCUT2D eigenvalue weighted by atomic mass is 10.2. The number of hydrogen-bond donors (Lipinski definition) is 6. The lowest BCUT2D eigenvalue weighted by molar-refractivity contribution is -0.124. The van der Waals surface area contributed by atoms with Gasteiger partial charge in [0.25, 0.3) is 23.6 Å². The normalized spacial score (nSPS) is 15.8. The molecule has 0 atom stereocenters. The molecular formula is C32H34N6O8S4. The molecule has 0 radical (unpaired) electrons. The maximum atomic E-state index is 13.2. The number of aromatic hydroxyl groups is 2. The van der Waals surface area contributed by atoms with E-state index in [-0.39, 0.29) is 57.1 Å². The van der Waals surface area contributed by atoms with Gasteiger partial charge < -0.3 is 10.2 Å². The smallest absolute Gasteiger partial charge is 0.273 e. The second-order valence-electron chi connectivity index (χ2n) is 11.0. The molecule has 0 aliphatic carbocycles. The lowest BCUT2D eigenvalue weighted by Crippen LogP contribution is -2.41. The van der Waals surface area contributed by atoms with Crippen LogP contribution in [0.5, 0.6) is 11.5 Å². The molecule has 0 bridgehead atoms. The van der Waals surface area contributed by atoms with Gasteiger partial charge in [-0.15, -0.1) is 0 Å². The highest BCUT2D eigenvalue weighted by Crippen LogP contribution is 2.42. The summed E-state index contributed by atoms with van der Waals surface area (Å²) in [6.45, 7) is 0.623. The summed E-state index contributed by atoms with van der Waals surface area (Å²) in [5, 5.41) is 19.5. The Morgan fingerprint density at radius 1 is 0.580 bits per heavy atom. The second-order valence-corrected chi connectivity index (χ2v) is 14.3. The highest BCUT2D eigenvalue weighted by molar-refractivity contribution is 8.29. The summed E-state index contributed by atoms with van der Waals surface area (Å²) in [5.41, 5.74) is 9.21. The number of amides is 6. The maximum absolute atomic E-state index is 13.2. The van der Waals surface area contributed by atoms with Crippen molar-refractivity contribution in [1.82, 2.24) is 31.5 Å². The molecular weight excluding hydrogens is 725 g/mol. The number of phenols is 2. The number of unbranched alkanes of at least 4 members (excludes halogenated alkanes) is 4. The molecule has 4 rings (SSSR count). The van der Waals surface area contributed by atoms with Crippen molar-refractivity contribution in [1.29, 1.82) is 0 Å². The zero-order valence-corrected chi connectivity index (χ0v) is 29.8. The van der Waals surface area contributed by atoms with Crippen LogP contribution in [-0.2, 0) is 19.2 Å². The van der Waals surface area contributed by atoms with E-state index < -0.39 is 23.6 Å². The van der Waals surface area contributed by atoms with Gasteiger partial charge >= 0.3 is 0 Å². The van der Waals surface area contributed by atoms with E-state index in [9.17, 15) is 39.0 Å². The van der Waals surface area contributed by atoms with Gasteiger partial charge in [0.05, 0.1) is 20.9 Å². The van der Waals surface area contributed by atoms with E-state index in [1.54, 1.807) is 24.3 Å². The summed E-state index contributed by atoms with van der Waals surface area (Å²) < 4.78 is 0.657. The van der Waals surface area contributed by atoms with Crippen molar-refractivity contribution in [2.45, 2.75) is 51.4 Å². The molecule has 2 heterocycles. The third-order valence-corrected chi connectivity index (χ3v) is 10.4. The fourth-order valence-electron chi connectivity index (χ4n) is 4.76. The molecule has 6 amide bonds. The average molecular weight is 759 g/mol. The quantitative estimate of drug-likeness (QED) is 0.0713. The molecule has 0 spiro atoms. The van der Waals surface area contributed by atoms with Crippen molar-refractivity contribution in [3.63, 3.8) is 0 Å². The molecule has 18 heteroatoms. The predicted molar refractivity (Wildman–Crippen MR) is 195 cm³/mol. The Bertz CT molecular complexity index is 1610. The summed E-state index contributed by atoms with van der Waals surface area (Å²) in [7, 11) is 0. The summed E-state index contributed by atoms with van der Waals surface area (Å²) in [6.07, 6.45) is 3.56. The number of carbonyl (C=O) groups excluding carboxylic acids is 6. The van der Waals surface area contributed by atoms with Gasteiger partial charge in [-0.1, -0.05) is 85.1 Å². The molecule has 0 saturated carbocycles. The van der Waals surface area contributed by atoms with E-state index in [4.69, 9.17) is 24.4 Å².